The Morgan fingerprint density at radius 1 is 1.29 bits per heavy atom. The molecular formula is C9H13NO4. The summed E-state index contributed by atoms with van der Waals surface area (Å²) in [4.78, 5) is 22.0. The maximum atomic E-state index is 11.0. The molecular weight excluding hydrogens is 186 g/mol. The lowest BCUT2D eigenvalue weighted by Gasteiger charge is -2.34. The summed E-state index contributed by atoms with van der Waals surface area (Å²) in [7, 11) is 0. The molecule has 0 saturated heterocycles. The molecule has 2 aliphatic carbocycles. The van der Waals surface area contributed by atoms with Crippen LogP contribution in [0.4, 0.5) is 0 Å². The average Bonchev–Trinajstić information content (AvgIpc) is 2.61. The highest BCUT2D eigenvalue weighted by Crippen LogP contribution is 2.53. The number of carbonyl (C=O) groups is 2. The zero-order chi connectivity index (χ0) is 10.5. The minimum absolute atomic E-state index is 0.0430. The van der Waals surface area contributed by atoms with E-state index in [9.17, 15) is 9.59 Å². The van der Waals surface area contributed by atoms with Gasteiger partial charge < -0.3 is 15.9 Å². The van der Waals surface area contributed by atoms with Crippen molar-refractivity contribution in [2.45, 2.75) is 24.8 Å². The van der Waals surface area contributed by atoms with Crippen LogP contribution in [0.2, 0.25) is 0 Å². The Balaban J connectivity index is 2.39. The molecule has 0 aliphatic heterocycles. The van der Waals surface area contributed by atoms with Gasteiger partial charge in [0.05, 0.1) is 5.92 Å². The highest BCUT2D eigenvalue weighted by molar-refractivity contribution is 5.88. The van der Waals surface area contributed by atoms with Gasteiger partial charge in [0, 0.05) is 0 Å². The number of fused-ring (bicyclic) bond motifs is 2. The summed E-state index contributed by atoms with van der Waals surface area (Å²) in [6.07, 6.45) is 2.20. The summed E-state index contributed by atoms with van der Waals surface area (Å²) in [6, 6.07) is 0. The number of aliphatic carboxylic acids is 2. The van der Waals surface area contributed by atoms with Crippen molar-refractivity contribution < 1.29 is 19.8 Å². The van der Waals surface area contributed by atoms with Crippen molar-refractivity contribution in [3.05, 3.63) is 0 Å². The first-order valence-electron chi connectivity index (χ1n) is 4.73. The van der Waals surface area contributed by atoms with Gasteiger partial charge in [0.2, 0.25) is 0 Å². The fourth-order valence-corrected chi connectivity index (χ4v) is 3.11. The summed E-state index contributed by atoms with van der Waals surface area (Å²) in [5.41, 5.74) is 4.22. The molecule has 14 heavy (non-hydrogen) atoms. The third-order valence-corrected chi connectivity index (χ3v) is 3.77. The van der Waals surface area contributed by atoms with Crippen molar-refractivity contribution in [2.24, 2.45) is 23.5 Å². The number of nitrogens with two attached hydrogens (primary N) is 1. The second-order valence-corrected chi connectivity index (χ2v) is 4.32. The van der Waals surface area contributed by atoms with Crippen molar-refractivity contribution in [3.8, 4) is 0 Å². The van der Waals surface area contributed by atoms with Gasteiger partial charge in [-0.3, -0.25) is 9.59 Å². The second-order valence-electron chi connectivity index (χ2n) is 4.32. The minimum Gasteiger partial charge on any atom is -0.481 e. The highest BCUT2D eigenvalue weighted by atomic mass is 16.4. The molecule has 0 radical (unpaired) electrons. The Bertz CT molecular complexity index is 303. The molecule has 0 spiro atoms. The molecule has 5 nitrogen and oxygen atoms in total. The number of hydrogen-bond acceptors (Lipinski definition) is 3. The standard InChI is InChI=1S/C9H13NO4/c10-9(8(13)14)5-2-1-4(3-5)6(9)7(11)12/h4-6H,1-3,10H2,(H,11,12)(H,13,14)/t4?,5-,6?,9?/m1/s1. The summed E-state index contributed by atoms with van der Waals surface area (Å²) in [5, 5.41) is 18.0. The van der Waals surface area contributed by atoms with Crippen molar-refractivity contribution >= 4 is 11.9 Å². The van der Waals surface area contributed by atoms with E-state index < -0.39 is 23.4 Å². The molecule has 2 rings (SSSR count). The molecule has 4 N–H and O–H groups in total. The predicted octanol–water partition coefficient (Wildman–Crippen LogP) is -0.101. The van der Waals surface area contributed by atoms with Gasteiger partial charge in [0.1, 0.15) is 5.54 Å². The van der Waals surface area contributed by atoms with Crippen LogP contribution < -0.4 is 5.73 Å². The maximum Gasteiger partial charge on any atom is 0.324 e. The Labute approximate surface area is 80.9 Å². The number of carboxylic acids is 2. The van der Waals surface area contributed by atoms with Crippen LogP contribution in [0.3, 0.4) is 0 Å². The predicted molar refractivity (Wildman–Crippen MR) is 46.5 cm³/mol. The molecule has 3 unspecified atom stereocenters. The lowest BCUT2D eigenvalue weighted by molar-refractivity contribution is -0.158. The van der Waals surface area contributed by atoms with E-state index in [0.717, 1.165) is 12.8 Å². The molecule has 0 aromatic heterocycles. The third-order valence-electron chi connectivity index (χ3n) is 3.77. The van der Waals surface area contributed by atoms with Gasteiger partial charge in [-0.2, -0.15) is 0 Å². The van der Waals surface area contributed by atoms with Crippen LogP contribution >= 0.6 is 0 Å². The molecule has 0 aromatic rings. The van der Waals surface area contributed by atoms with E-state index in [-0.39, 0.29) is 11.8 Å². The number of hydrogen-bond donors (Lipinski definition) is 3. The second kappa shape index (κ2) is 2.70. The van der Waals surface area contributed by atoms with Crippen molar-refractivity contribution in [3.63, 3.8) is 0 Å². The number of carboxylic acid groups (broad SMARTS) is 2. The molecule has 5 heteroatoms. The Morgan fingerprint density at radius 2 is 1.93 bits per heavy atom. The quantitative estimate of drug-likeness (QED) is 0.576. The SMILES string of the molecule is NC1(C(=O)O)C(C(=O)O)C2CC[C@@H]1C2. The number of rotatable bonds is 2. The van der Waals surface area contributed by atoms with E-state index in [4.69, 9.17) is 15.9 Å². The summed E-state index contributed by atoms with van der Waals surface area (Å²) >= 11 is 0. The van der Waals surface area contributed by atoms with E-state index in [1.807, 2.05) is 0 Å². The van der Waals surface area contributed by atoms with Crippen LogP contribution in [0.5, 0.6) is 0 Å². The third kappa shape index (κ3) is 0.930. The minimum atomic E-state index is -1.53. The van der Waals surface area contributed by atoms with Gasteiger partial charge in [0.25, 0.3) is 0 Å². The van der Waals surface area contributed by atoms with Crippen LogP contribution in [-0.4, -0.2) is 27.7 Å². The highest BCUT2D eigenvalue weighted by Gasteiger charge is 2.63. The molecule has 0 heterocycles. The van der Waals surface area contributed by atoms with Crippen LogP contribution in [0, 0.1) is 17.8 Å². The average molecular weight is 199 g/mol. The van der Waals surface area contributed by atoms with Crippen molar-refractivity contribution in [2.75, 3.05) is 0 Å². The zero-order valence-electron chi connectivity index (χ0n) is 7.64. The van der Waals surface area contributed by atoms with Gasteiger partial charge in [0.15, 0.2) is 0 Å². The molecule has 2 fully saturated rings. The molecule has 4 atom stereocenters. The first-order chi connectivity index (χ1) is 6.48. The van der Waals surface area contributed by atoms with Gasteiger partial charge in [-0.25, -0.2) is 0 Å². The Kier molecular flexibility index (Phi) is 1.82. The van der Waals surface area contributed by atoms with E-state index in [2.05, 4.69) is 0 Å². The molecule has 0 amide bonds. The first-order valence-corrected chi connectivity index (χ1v) is 4.73. The molecule has 78 valence electrons. The van der Waals surface area contributed by atoms with Gasteiger partial charge >= 0.3 is 11.9 Å². The lowest BCUT2D eigenvalue weighted by atomic mass is 9.73. The van der Waals surface area contributed by atoms with E-state index in [0.29, 0.717) is 6.42 Å². The van der Waals surface area contributed by atoms with Crippen molar-refractivity contribution in [1.29, 1.82) is 0 Å². The van der Waals surface area contributed by atoms with Gasteiger partial charge in [-0.05, 0) is 31.1 Å². The smallest absolute Gasteiger partial charge is 0.324 e. The zero-order valence-corrected chi connectivity index (χ0v) is 7.64. The molecule has 2 saturated carbocycles. The van der Waals surface area contributed by atoms with Crippen LogP contribution in [0.25, 0.3) is 0 Å². The molecule has 2 aliphatic rings. The Hall–Kier alpha value is -1.10. The first kappa shape index (κ1) is 9.45. The largest absolute Gasteiger partial charge is 0.481 e. The fraction of sp³-hybridized carbons (Fsp3) is 0.778. The lowest BCUT2D eigenvalue weighted by Crippen LogP contribution is -2.60. The maximum absolute atomic E-state index is 11.0. The van der Waals surface area contributed by atoms with Gasteiger partial charge in [-0.15, -0.1) is 0 Å². The van der Waals surface area contributed by atoms with Crippen LogP contribution in [0.1, 0.15) is 19.3 Å². The summed E-state index contributed by atoms with van der Waals surface area (Å²) < 4.78 is 0. The molecule has 2 bridgehead atoms. The molecule has 0 aromatic carbocycles. The van der Waals surface area contributed by atoms with Gasteiger partial charge in [-0.1, -0.05) is 0 Å². The van der Waals surface area contributed by atoms with E-state index in [1.54, 1.807) is 0 Å². The van der Waals surface area contributed by atoms with Crippen LogP contribution in [-0.2, 0) is 9.59 Å². The monoisotopic (exact) mass is 199 g/mol. The van der Waals surface area contributed by atoms with E-state index in [1.165, 1.54) is 0 Å². The fourth-order valence-electron chi connectivity index (χ4n) is 3.11. The van der Waals surface area contributed by atoms with Crippen molar-refractivity contribution in [1.82, 2.24) is 0 Å². The van der Waals surface area contributed by atoms with E-state index >= 15 is 0 Å². The summed E-state index contributed by atoms with van der Waals surface area (Å²) in [5.74, 6) is -3.34. The van der Waals surface area contributed by atoms with Crippen LogP contribution in [0.15, 0.2) is 0 Å². The normalized spacial score (nSPS) is 45.4. The Morgan fingerprint density at radius 3 is 2.36 bits per heavy atom. The topological polar surface area (TPSA) is 101 Å². The summed E-state index contributed by atoms with van der Waals surface area (Å²) in [6.45, 7) is 0.